The zero-order valence-corrected chi connectivity index (χ0v) is 15.4. The highest BCUT2D eigenvalue weighted by Crippen LogP contribution is 2.34. The molecule has 0 amide bonds. The van der Waals surface area contributed by atoms with Crippen LogP contribution in [-0.4, -0.2) is 16.5 Å². The minimum atomic E-state index is -4.50. The third kappa shape index (κ3) is 4.26. The van der Waals surface area contributed by atoms with E-state index in [1.807, 2.05) is 25.1 Å². The fourth-order valence-corrected chi connectivity index (χ4v) is 3.09. The highest BCUT2D eigenvalue weighted by atomic mass is 79.9. The Morgan fingerprint density at radius 2 is 1.83 bits per heavy atom. The van der Waals surface area contributed by atoms with E-state index in [0.717, 1.165) is 29.1 Å². The Morgan fingerprint density at radius 3 is 2.38 bits per heavy atom. The maximum absolute atomic E-state index is 13.0. The van der Waals surface area contributed by atoms with E-state index in [4.69, 9.17) is 0 Å². The van der Waals surface area contributed by atoms with E-state index in [2.05, 4.69) is 32.8 Å². The fraction of sp³-hybridized carbons (Fsp3) is 0.412. The molecule has 0 spiro atoms. The van der Waals surface area contributed by atoms with Crippen LogP contribution >= 0.6 is 15.9 Å². The molecule has 0 fully saturated rings. The molecule has 0 radical (unpaired) electrons. The van der Waals surface area contributed by atoms with Crippen molar-refractivity contribution >= 4 is 27.6 Å². The van der Waals surface area contributed by atoms with E-state index in [1.165, 1.54) is 12.5 Å². The second-order valence-electron chi connectivity index (χ2n) is 5.47. The van der Waals surface area contributed by atoms with Crippen molar-refractivity contribution < 1.29 is 13.2 Å². The zero-order chi connectivity index (χ0) is 17.9. The summed E-state index contributed by atoms with van der Waals surface area (Å²) in [4.78, 5) is 9.58. The van der Waals surface area contributed by atoms with Crippen molar-refractivity contribution in [3.05, 3.63) is 45.7 Å². The average molecular weight is 402 g/mol. The lowest BCUT2D eigenvalue weighted by Crippen LogP contribution is -2.22. The monoisotopic (exact) mass is 401 g/mol. The summed E-state index contributed by atoms with van der Waals surface area (Å²) in [6.07, 6.45) is -2.52. The van der Waals surface area contributed by atoms with Gasteiger partial charge in [-0.05, 0) is 60.0 Å². The van der Waals surface area contributed by atoms with Crippen LogP contribution in [0.3, 0.4) is 0 Å². The first kappa shape index (κ1) is 18.7. The second kappa shape index (κ2) is 7.51. The number of hydrogen-bond donors (Lipinski definition) is 0. The maximum Gasteiger partial charge on any atom is 0.433 e. The second-order valence-corrected chi connectivity index (χ2v) is 6.33. The summed E-state index contributed by atoms with van der Waals surface area (Å²) in [5.41, 5.74) is 1.27. The van der Waals surface area contributed by atoms with Crippen molar-refractivity contribution in [3.8, 4) is 0 Å². The van der Waals surface area contributed by atoms with E-state index in [0.29, 0.717) is 6.54 Å². The highest BCUT2D eigenvalue weighted by Gasteiger charge is 2.34. The van der Waals surface area contributed by atoms with Crippen LogP contribution in [0.5, 0.6) is 0 Å². The van der Waals surface area contributed by atoms with Gasteiger partial charge in [-0.2, -0.15) is 13.2 Å². The SMILES string of the molecule is CCCc1ccc(N(CC)c2nc(C)cc(C(F)(F)F)n2)c(Br)c1. The molecule has 1 heterocycles. The van der Waals surface area contributed by atoms with Gasteiger partial charge in [-0.3, -0.25) is 0 Å². The molecule has 1 aromatic carbocycles. The smallest absolute Gasteiger partial charge is 0.310 e. The van der Waals surface area contributed by atoms with Gasteiger partial charge < -0.3 is 4.90 Å². The van der Waals surface area contributed by atoms with E-state index in [1.54, 1.807) is 4.90 Å². The first-order valence-electron chi connectivity index (χ1n) is 7.75. The van der Waals surface area contributed by atoms with Crippen molar-refractivity contribution in [3.63, 3.8) is 0 Å². The predicted octanol–water partition coefficient (Wildman–Crippen LogP) is 5.68. The largest absolute Gasteiger partial charge is 0.433 e. The van der Waals surface area contributed by atoms with Gasteiger partial charge >= 0.3 is 6.18 Å². The van der Waals surface area contributed by atoms with Crippen molar-refractivity contribution in [2.75, 3.05) is 11.4 Å². The minimum absolute atomic E-state index is 0.0498. The highest BCUT2D eigenvalue weighted by molar-refractivity contribution is 9.10. The summed E-state index contributed by atoms with van der Waals surface area (Å²) in [5.74, 6) is 0.0498. The summed E-state index contributed by atoms with van der Waals surface area (Å²) in [6, 6.07) is 6.81. The molecule has 24 heavy (non-hydrogen) atoms. The summed E-state index contributed by atoms with van der Waals surface area (Å²) in [6.45, 7) is 5.94. The van der Waals surface area contributed by atoms with Gasteiger partial charge in [0.05, 0.1) is 5.69 Å². The minimum Gasteiger partial charge on any atom is -0.310 e. The Hall–Kier alpha value is -1.63. The van der Waals surface area contributed by atoms with E-state index in [-0.39, 0.29) is 11.6 Å². The molecule has 130 valence electrons. The molecule has 0 saturated heterocycles. The molecule has 0 aliphatic heterocycles. The summed E-state index contributed by atoms with van der Waals surface area (Å²) >= 11 is 3.51. The molecule has 0 aliphatic carbocycles. The molecule has 7 heteroatoms. The maximum atomic E-state index is 13.0. The molecule has 2 aromatic rings. The number of aryl methyl sites for hydroxylation is 2. The lowest BCUT2D eigenvalue weighted by atomic mass is 10.1. The van der Waals surface area contributed by atoms with Crippen molar-refractivity contribution in [2.45, 2.75) is 39.8 Å². The van der Waals surface area contributed by atoms with Crippen LogP contribution in [0.25, 0.3) is 0 Å². The van der Waals surface area contributed by atoms with Crippen LogP contribution in [0.1, 0.15) is 37.2 Å². The Balaban J connectivity index is 2.47. The van der Waals surface area contributed by atoms with Gasteiger partial charge in [-0.25, -0.2) is 9.97 Å². The van der Waals surface area contributed by atoms with Crippen LogP contribution in [0, 0.1) is 6.92 Å². The third-order valence-corrected chi connectivity index (χ3v) is 4.17. The average Bonchev–Trinajstić information content (AvgIpc) is 2.49. The normalized spacial score (nSPS) is 11.6. The van der Waals surface area contributed by atoms with Gasteiger partial charge in [0.2, 0.25) is 5.95 Å². The molecule has 2 rings (SSSR count). The summed E-state index contributed by atoms with van der Waals surface area (Å²) in [5, 5.41) is 0. The van der Waals surface area contributed by atoms with Crippen LogP contribution in [0.4, 0.5) is 24.8 Å². The van der Waals surface area contributed by atoms with Crippen LogP contribution in [-0.2, 0) is 12.6 Å². The first-order valence-corrected chi connectivity index (χ1v) is 8.54. The van der Waals surface area contributed by atoms with E-state index in [9.17, 15) is 13.2 Å². The van der Waals surface area contributed by atoms with Gasteiger partial charge in [0, 0.05) is 16.7 Å². The molecule has 0 atom stereocenters. The van der Waals surface area contributed by atoms with Gasteiger partial charge in [-0.15, -0.1) is 0 Å². The van der Waals surface area contributed by atoms with E-state index < -0.39 is 11.9 Å². The lowest BCUT2D eigenvalue weighted by molar-refractivity contribution is -0.141. The number of halogens is 4. The molecule has 0 aliphatic rings. The Kier molecular flexibility index (Phi) is 5.85. The summed E-state index contributed by atoms with van der Waals surface area (Å²) < 4.78 is 39.9. The molecule has 3 nitrogen and oxygen atoms in total. The van der Waals surface area contributed by atoms with E-state index >= 15 is 0 Å². The first-order chi connectivity index (χ1) is 11.3. The number of benzene rings is 1. The van der Waals surface area contributed by atoms with Crippen molar-refractivity contribution in [2.24, 2.45) is 0 Å². The Morgan fingerprint density at radius 1 is 1.12 bits per heavy atom. The van der Waals surface area contributed by atoms with Crippen LogP contribution in [0.2, 0.25) is 0 Å². The Bertz CT molecular complexity index is 717. The Labute approximate surface area is 148 Å². The van der Waals surface area contributed by atoms with Gasteiger partial charge in [0.1, 0.15) is 5.69 Å². The fourth-order valence-electron chi connectivity index (χ4n) is 2.45. The number of aromatic nitrogens is 2. The summed E-state index contributed by atoms with van der Waals surface area (Å²) in [7, 11) is 0. The number of alkyl halides is 3. The molecular formula is C17H19BrF3N3. The number of nitrogens with zero attached hydrogens (tertiary/aromatic N) is 3. The lowest BCUT2D eigenvalue weighted by Gasteiger charge is -2.23. The van der Waals surface area contributed by atoms with Gasteiger partial charge in [0.15, 0.2) is 0 Å². The standard InChI is InChI=1S/C17H19BrF3N3/c1-4-6-12-7-8-14(13(18)10-12)24(5-2)16-22-11(3)9-15(23-16)17(19,20)21/h7-10H,4-6H2,1-3H3. The number of hydrogen-bond acceptors (Lipinski definition) is 3. The van der Waals surface area contributed by atoms with Gasteiger partial charge in [-0.1, -0.05) is 19.4 Å². The van der Waals surface area contributed by atoms with Crippen molar-refractivity contribution in [1.29, 1.82) is 0 Å². The quantitative estimate of drug-likeness (QED) is 0.645. The van der Waals surface area contributed by atoms with Gasteiger partial charge in [0.25, 0.3) is 0 Å². The molecular weight excluding hydrogens is 383 g/mol. The van der Waals surface area contributed by atoms with Crippen LogP contribution in [0.15, 0.2) is 28.7 Å². The number of anilines is 2. The predicted molar refractivity (Wildman–Crippen MR) is 92.6 cm³/mol. The topological polar surface area (TPSA) is 29.0 Å². The zero-order valence-electron chi connectivity index (χ0n) is 13.8. The number of rotatable bonds is 5. The molecule has 0 N–H and O–H groups in total. The molecule has 0 bridgehead atoms. The van der Waals surface area contributed by atoms with Crippen molar-refractivity contribution in [1.82, 2.24) is 9.97 Å². The molecule has 0 unspecified atom stereocenters. The third-order valence-electron chi connectivity index (χ3n) is 3.53. The molecule has 0 saturated carbocycles. The van der Waals surface area contributed by atoms with Crippen LogP contribution < -0.4 is 4.90 Å². The molecule has 1 aromatic heterocycles.